The second kappa shape index (κ2) is 14.8. The molecule has 0 aliphatic rings. The van der Waals surface area contributed by atoms with Crippen LogP contribution in [0.2, 0.25) is 0 Å². The number of benzene rings is 3. The van der Waals surface area contributed by atoms with E-state index in [4.69, 9.17) is 11.5 Å². The second-order valence-electron chi connectivity index (χ2n) is 9.74. The molecule has 3 aromatic rings. The molecule has 0 amide bonds. The first-order valence-corrected chi connectivity index (χ1v) is 13.1. The van der Waals surface area contributed by atoms with Gasteiger partial charge in [-0.2, -0.15) is 0 Å². The Morgan fingerprint density at radius 3 is 0.971 bits per heavy atom. The zero-order chi connectivity index (χ0) is 24.7. The number of aryl methyl sites for hydroxylation is 3. The van der Waals surface area contributed by atoms with Gasteiger partial charge in [-0.15, -0.1) is 0 Å². The standard InChI is InChI=1S/C19H25N.C13H21N/c1-2-19(20,15-13-17-9-5-3-6-10-17)16-14-18-11-7-4-8-12-18;1-3-13(14,4-2)11-10-12-8-6-5-7-9-12/h3-12H,2,13-16,20H2,1H3;5-9H,3-4,10-11,14H2,1-2H3. The Kier molecular flexibility index (Phi) is 12.1. The van der Waals surface area contributed by atoms with Crippen molar-refractivity contribution in [3.63, 3.8) is 0 Å². The fourth-order valence-corrected chi connectivity index (χ4v) is 4.20. The summed E-state index contributed by atoms with van der Waals surface area (Å²) in [5.74, 6) is 0. The Morgan fingerprint density at radius 2 is 0.706 bits per heavy atom. The summed E-state index contributed by atoms with van der Waals surface area (Å²) in [6, 6.07) is 31.9. The molecular weight excluding hydrogens is 412 g/mol. The van der Waals surface area contributed by atoms with Crippen molar-refractivity contribution in [1.29, 1.82) is 0 Å². The lowest BCUT2D eigenvalue weighted by molar-refractivity contribution is 0.353. The van der Waals surface area contributed by atoms with Crippen LogP contribution in [-0.4, -0.2) is 11.1 Å². The molecule has 2 heteroatoms. The van der Waals surface area contributed by atoms with Crippen LogP contribution in [0.15, 0.2) is 91.0 Å². The average molecular weight is 459 g/mol. The molecule has 0 fully saturated rings. The first-order valence-electron chi connectivity index (χ1n) is 13.1. The third kappa shape index (κ3) is 10.2. The van der Waals surface area contributed by atoms with Crippen molar-refractivity contribution >= 4 is 0 Å². The Morgan fingerprint density at radius 1 is 0.441 bits per heavy atom. The van der Waals surface area contributed by atoms with Gasteiger partial charge in [0.15, 0.2) is 0 Å². The van der Waals surface area contributed by atoms with E-state index in [1.165, 1.54) is 16.7 Å². The quantitative estimate of drug-likeness (QED) is 0.295. The average Bonchev–Trinajstić information content (AvgIpc) is 2.91. The number of hydrogen-bond donors (Lipinski definition) is 2. The summed E-state index contributed by atoms with van der Waals surface area (Å²) in [6.45, 7) is 6.55. The summed E-state index contributed by atoms with van der Waals surface area (Å²) in [6.07, 6.45) is 9.60. The molecule has 0 bridgehead atoms. The highest BCUT2D eigenvalue weighted by atomic mass is 14.7. The topological polar surface area (TPSA) is 52.0 Å². The highest BCUT2D eigenvalue weighted by Crippen LogP contribution is 2.22. The van der Waals surface area contributed by atoms with Crippen LogP contribution in [0.1, 0.15) is 76.0 Å². The Bertz CT molecular complexity index is 843. The van der Waals surface area contributed by atoms with Gasteiger partial charge >= 0.3 is 0 Å². The van der Waals surface area contributed by atoms with Crippen LogP contribution in [0.25, 0.3) is 0 Å². The fraction of sp³-hybridized carbons (Fsp3) is 0.438. The molecule has 0 aromatic heterocycles. The van der Waals surface area contributed by atoms with Gasteiger partial charge in [-0.05, 0) is 74.5 Å². The van der Waals surface area contributed by atoms with Gasteiger partial charge in [-0.1, -0.05) is 112 Å². The molecule has 0 atom stereocenters. The molecule has 3 aromatic carbocycles. The molecule has 0 radical (unpaired) electrons. The van der Waals surface area contributed by atoms with Crippen LogP contribution in [-0.2, 0) is 19.3 Å². The van der Waals surface area contributed by atoms with Crippen LogP contribution in [0, 0.1) is 0 Å². The van der Waals surface area contributed by atoms with E-state index in [0.717, 1.165) is 57.8 Å². The molecule has 0 saturated carbocycles. The molecule has 34 heavy (non-hydrogen) atoms. The smallest absolute Gasteiger partial charge is 0.0158 e. The van der Waals surface area contributed by atoms with E-state index in [1.54, 1.807) is 0 Å². The lowest BCUT2D eigenvalue weighted by atomic mass is 9.84. The summed E-state index contributed by atoms with van der Waals surface area (Å²) < 4.78 is 0. The first-order chi connectivity index (χ1) is 16.4. The number of rotatable bonds is 12. The van der Waals surface area contributed by atoms with Crippen LogP contribution < -0.4 is 11.5 Å². The minimum atomic E-state index is -0.0499. The van der Waals surface area contributed by atoms with Crippen molar-refractivity contribution in [3.05, 3.63) is 108 Å². The maximum Gasteiger partial charge on any atom is 0.0158 e. The van der Waals surface area contributed by atoms with Gasteiger partial charge in [0, 0.05) is 11.1 Å². The molecule has 0 spiro atoms. The molecule has 0 heterocycles. The molecule has 2 nitrogen and oxygen atoms in total. The van der Waals surface area contributed by atoms with Crippen LogP contribution in [0.5, 0.6) is 0 Å². The van der Waals surface area contributed by atoms with E-state index in [1.807, 2.05) is 0 Å². The molecule has 184 valence electrons. The third-order valence-corrected chi connectivity index (χ3v) is 7.38. The highest BCUT2D eigenvalue weighted by Gasteiger charge is 2.22. The molecule has 0 saturated heterocycles. The molecule has 3 rings (SSSR count). The SMILES string of the molecule is CCC(N)(CC)CCc1ccccc1.CCC(N)(CCc1ccccc1)CCc1ccccc1. The third-order valence-electron chi connectivity index (χ3n) is 7.38. The van der Waals surface area contributed by atoms with E-state index in [0.29, 0.717) is 0 Å². The molecule has 0 aliphatic heterocycles. The zero-order valence-corrected chi connectivity index (χ0v) is 21.7. The van der Waals surface area contributed by atoms with Crippen molar-refractivity contribution in [2.75, 3.05) is 0 Å². The summed E-state index contributed by atoms with van der Waals surface area (Å²) >= 11 is 0. The van der Waals surface area contributed by atoms with Gasteiger partial charge in [-0.25, -0.2) is 0 Å². The Labute approximate surface area is 208 Å². The van der Waals surface area contributed by atoms with E-state index < -0.39 is 0 Å². The van der Waals surface area contributed by atoms with Gasteiger partial charge in [0.25, 0.3) is 0 Å². The molecule has 0 aliphatic carbocycles. The lowest BCUT2D eigenvalue weighted by Crippen LogP contribution is -2.40. The van der Waals surface area contributed by atoms with Crippen LogP contribution in [0.3, 0.4) is 0 Å². The number of nitrogens with two attached hydrogens (primary N) is 2. The van der Waals surface area contributed by atoms with Crippen molar-refractivity contribution in [3.8, 4) is 0 Å². The summed E-state index contributed by atoms with van der Waals surface area (Å²) in [5.41, 5.74) is 17.0. The lowest BCUT2D eigenvalue weighted by Gasteiger charge is -2.28. The molecule has 4 N–H and O–H groups in total. The summed E-state index contributed by atoms with van der Waals surface area (Å²) in [5, 5.41) is 0. The van der Waals surface area contributed by atoms with Crippen molar-refractivity contribution < 1.29 is 0 Å². The zero-order valence-electron chi connectivity index (χ0n) is 21.7. The van der Waals surface area contributed by atoms with Crippen molar-refractivity contribution in [2.24, 2.45) is 11.5 Å². The first kappa shape index (κ1) is 27.8. The van der Waals surface area contributed by atoms with Crippen molar-refractivity contribution in [2.45, 2.75) is 89.6 Å². The normalized spacial score (nSPS) is 11.6. The van der Waals surface area contributed by atoms with E-state index >= 15 is 0 Å². The van der Waals surface area contributed by atoms with Gasteiger partial charge < -0.3 is 11.5 Å². The van der Waals surface area contributed by atoms with E-state index in [9.17, 15) is 0 Å². The second-order valence-corrected chi connectivity index (χ2v) is 9.74. The van der Waals surface area contributed by atoms with Crippen LogP contribution in [0.4, 0.5) is 0 Å². The maximum absolute atomic E-state index is 6.59. The maximum atomic E-state index is 6.59. The van der Waals surface area contributed by atoms with E-state index in [2.05, 4.69) is 112 Å². The number of hydrogen-bond acceptors (Lipinski definition) is 2. The monoisotopic (exact) mass is 458 g/mol. The Hall–Kier alpha value is -2.42. The van der Waals surface area contributed by atoms with Crippen molar-refractivity contribution in [1.82, 2.24) is 0 Å². The van der Waals surface area contributed by atoms with Gasteiger partial charge in [0.1, 0.15) is 0 Å². The van der Waals surface area contributed by atoms with Gasteiger partial charge in [0.2, 0.25) is 0 Å². The fourth-order valence-electron chi connectivity index (χ4n) is 4.20. The molecular formula is C32H46N2. The van der Waals surface area contributed by atoms with E-state index in [-0.39, 0.29) is 11.1 Å². The highest BCUT2D eigenvalue weighted by molar-refractivity contribution is 5.17. The molecule has 0 unspecified atom stereocenters. The summed E-state index contributed by atoms with van der Waals surface area (Å²) in [7, 11) is 0. The van der Waals surface area contributed by atoms with Crippen LogP contribution >= 0.6 is 0 Å². The summed E-state index contributed by atoms with van der Waals surface area (Å²) in [4.78, 5) is 0. The Balaban J connectivity index is 0.000000257. The minimum Gasteiger partial charge on any atom is -0.325 e. The van der Waals surface area contributed by atoms with Gasteiger partial charge in [0.05, 0.1) is 0 Å². The van der Waals surface area contributed by atoms with Gasteiger partial charge in [-0.3, -0.25) is 0 Å². The largest absolute Gasteiger partial charge is 0.325 e. The predicted octanol–water partition coefficient (Wildman–Crippen LogP) is 7.50. The minimum absolute atomic E-state index is 0.0375. The predicted molar refractivity (Wildman–Crippen MR) is 149 cm³/mol.